The minimum Gasteiger partial charge on any atom is -0.354 e. The third-order valence-electron chi connectivity index (χ3n) is 3.36. The summed E-state index contributed by atoms with van der Waals surface area (Å²) in [5.41, 5.74) is 1.96. The zero-order chi connectivity index (χ0) is 12.5. The highest BCUT2D eigenvalue weighted by Gasteiger charge is 2.14. The van der Waals surface area contributed by atoms with Crippen molar-refractivity contribution in [1.82, 2.24) is 10.3 Å². The largest absolute Gasteiger partial charge is 0.354 e. The number of anilines is 1. The Balaban J connectivity index is 0.00000133. The van der Waals surface area contributed by atoms with Gasteiger partial charge in [-0.1, -0.05) is 0 Å². The molecule has 0 bridgehead atoms. The van der Waals surface area contributed by atoms with Gasteiger partial charge in [0.15, 0.2) is 0 Å². The first-order valence-corrected chi connectivity index (χ1v) is 6.26. The maximum absolute atomic E-state index is 13.2. The Bertz CT molecular complexity index is 582. The molecule has 1 aromatic heterocycles. The Kier molecular flexibility index (Phi) is 4.22. The highest BCUT2D eigenvalue weighted by atomic mass is 35.5. The first kappa shape index (κ1) is 14.0. The normalized spacial score (nSPS) is 15.4. The van der Waals surface area contributed by atoms with Crippen LogP contribution >= 0.6 is 12.4 Å². The minimum atomic E-state index is -0.210. The zero-order valence-electron chi connectivity index (χ0n) is 10.8. The number of benzene rings is 1. The second-order valence-electron chi connectivity index (χ2n) is 4.70. The quantitative estimate of drug-likeness (QED) is 0.871. The van der Waals surface area contributed by atoms with Gasteiger partial charge >= 0.3 is 0 Å². The second kappa shape index (κ2) is 5.72. The van der Waals surface area contributed by atoms with Crippen LogP contribution in [-0.2, 0) is 0 Å². The molecule has 1 aliphatic rings. The van der Waals surface area contributed by atoms with Crippen molar-refractivity contribution >= 4 is 29.1 Å². The van der Waals surface area contributed by atoms with Crippen molar-refractivity contribution in [3.63, 3.8) is 0 Å². The number of piperazine rings is 1. The van der Waals surface area contributed by atoms with Gasteiger partial charge in [-0.15, -0.1) is 12.4 Å². The molecule has 1 fully saturated rings. The Hall–Kier alpha value is -1.39. The minimum absolute atomic E-state index is 0. The number of halogens is 2. The maximum atomic E-state index is 13.2. The zero-order valence-corrected chi connectivity index (χ0v) is 11.6. The molecule has 1 aromatic carbocycles. The topological polar surface area (TPSA) is 28.2 Å². The molecule has 19 heavy (non-hydrogen) atoms. The first-order valence-electron chi connectivity index (χ1n) is 6.26. The lowest BCUT2D eigenvalue weighted by atomic mass is 10.1. The molecule has 0 aliphatic carbocycles. The van der Waals surface area contributed by atoms with Crippen molar-refractivity contribution in [2.45, 2.75) is 6.92 Å². The number of fused-ring (bicyclic) bond motifs is 1. The number of aromatic nitrogens is 1. The molecular weight excluding hydrogens is 265 g/mol. The maximum Gasteiger partial charge on any atom is 0.132 e. The van der Waals surface area contributed by atoms with Gasteiger partial charge in [-0.3, -0.25) is 0 Å². The summed E-state index contributed by atoms with van der Waals surface area (Å²) in [6.07, 6.45) is 0. The smallest absolute Gasteiger partial charge is 0.132 e. The molecular formula is C14H17ClFN3. The summed E-state index contributed by atoms with van der Waals surface area (Å²) in [6.45, 7) is 5.96. The molecule has 0 radical (unpaired) electrons. The molecule has 0 spiro atoms. The molecule has 1 N–H and O–H groups in total. The van der Waals surface area contributed by atoms with Crippen molar-refractivity contribution < 1.29 is 4.39 Å². The number of pyridine rings is 1. The van der Waals surface area contributed by atoms with E-state index in [0.717, 1.165) is 48.5 Å². The molecule has 0 saturated carbocycles. The number of rotatable bonds is 1. The predicted molar refractivity (Wildman–Crippen MR) is 78.8 cm³/mol. The van der Waals surface area contributed by atoms with Crippen molar-refractivity contribution in [3.8, 4) is 0 Å². The van der Waals surface area contributed by atoms with Crippen molar-refractivity contribution in [1.29, 1.82) is 0 Å². The van der Waals surface area contributed by atoms with E-state index in [1.54, 1.807) is 6.07 Å². The second-order valence-corrected chi connectivity index (χ2v) is 4.70. The fourth-order valence-electron chi connectivity index (χ4n) is 2.44. The van der Waals surface area contributed by atoms with E-state index in [1.807, 2.05) is 13.0 Å². The van der Waals surface area contributed by atoms with Crippen LogP contribution in [0.15, 0.2) is 24.3 Å². The van der Waals surface area contributed by atoms with Gasteiger partial charge < -0.3 is 10.2 Å². The summed E-state index contributed by atoms with van der Waals surface area (Å²) >= 11 is 0. The van der Waals surface area contributed by atoms with Crippen molar-refractivity contribution in [2.24, 2.45) is 0 Å². The summed E-state index contributed by atoms with van der Waals surface area (Å²) in [5.74, 6) is 0.814. The summed E-state index contributed by atoms with van der Waals surface area (Å²) < 4.78 is 13.2. The van der Waals surface area contributed by atoms with Gasteiger partial charge in [0.25, 0.3) is 0 Å². The van der Waals surface area contributed by atoms with Gasteiger partial charge in [-0.05, 0) is 36.8 Å². The Morgan fingerprint density at radius 2 is 1.95 bits per heavy atom. The van der Waals surface area contributed by atoms with Gasteiger partial charge in [0.2, 0.25) is 0 Å². The van der Waals surface area contributed by atoms with Crippen LogP contribution in [0.5, 0.6) is 0 Å². The Morgan fingerprint density at radius 1 is 1.21 bits per heavy atom. The third-order valence-corrected chi connectivity index (χ3v) is 3.36. The van der Waals surface area contributed by atoms with Crippen LogP contribution in [0.25, 0.3) is 10.9 Å². The van der Waals surface area contributed by atoms with Gasteiger partial charge in [0.05, 0.1) is 5.52 Å². The van der Waals surface area contributed by atoms with Crippen molar-refractivity contribution in [2.75, 3.05) is 31.1 Å². The molecule has 0 amide bonds. The Labute approximate surface area is 118 Å². The van der Waals surface area contributed by atoms with Gasteiger partial charge in [-0.2, -0.15) is 0 Å². The van der Waals surface area contributed by atoms with E-state index in [2.05, 4.69) is 15.2 Å². The van der Waals surface area contributed by atoms with Gasteiger partial charge in [0, 0.05) is 31.6 Å². The molecule has 1 saturated heterocycles. The summed E-state index contributed by atoms with van der Waals surface area (Å²) in [6, 6.07) is 6.77. The molecule has 3 nitrogen and oxygen atoms in total. The third kappa shape index (κ3) is 2.80. The van der Waals surface area contributed by atoms with Crippen LogP contribution in [-0.4, -0.2) is 31.2 Å². The molecule has 0 atom stereocenters. The average Bonchev–Trinajstić information content (AvgIpc) is 2.39. The lowest BCUT2D eigenvalue weighted by molar-refractivity contribution is 0.584. The average molecular weight is 282 g/mol. The summed E-state index contributed by atoms with van der Waals surface area (Å²) in [5, 5.41) is 4.20. The molecule has 3 rings (SSSR count). The van der Waals surface area contributed by atoms with Crippen LogP contribution in [0.1, 0.15) is 5.56 Å². The first-order chi connectivity index (χ1) is 8.74. The highest BCUT2D eigenvalue weighted by molar-refractivity contribution is 5.85. The van der Waals surface area contributed by atoms with E-state index in [1.165, 1.54) is 12.1 Å². The van der Waals surface area contributed by atoms with Crippen LogP contribution in [0.4, 0.5) is 10.2 Å². The number of hydrogen-bond donors (Lipinski definition) is 1. The Morgan fingerprint density at radius 3 is 2.68 bits per heavy atom. The van der Waals surface area contributed by atoms with Crippen molar-refractivity contribution in [3.05, 3.63) is 35.6 Å². The number of aryl methyl sites for hydroxylation is 1. The van der Waals surface area contributed by atoms with E-state index < -0.39 is 0 Å². The predicted octanol–water partition coefficient (Wildman–Crippen LogP) is 2.51. The summed E-state index contributed by atoms with van der Waals surface area (Å²) in [4.78, 5) is 6.96. The highest BCUT2D eigenvalue weighted by Crippen LogP contribution is 2.23. The fourth-order valence-corrected chi connectivity index (χ4v) is 2.44. The molecule has 5 heteroatoms. The molecule has 2 heterocycles. The lowest BCUT2D eigenvalue weighted by Gasteiger charge is -2.29. The molecule has 1 aliphatic heterocycles. The van der Waals surface area contributed by atoms with E-state index in [9.17, 15) is 4.39 Å². The molecule has 2 aromatic rings. The van der Waals surface area contributed by atoms with Crippen LogP contribution in [0.2, 0.25) is 0 Å². The summed E-state index contributed by atoms with van der Waals surface area (Å²) in [7, 11) is 0. The number of nitrogens with one attached hydrogen (secondary N) is 1. The monoisotopic (exact) mass is 281 g/mol. The van der Waals surface area contributed by atoms with Crippen LogP contribution < -0.4 is 10.2 Å². The molecule has 102 valence electrons. The SMILES string of the molecule is Cc1cc2cc(F)ccc2nc1N1CCNCC1.Cl. The molecule has 0 unspecified atom stereocenters. The fraction of sp³-hybridized carbons (Fsp3) is 0.357. The van der Waals surface area contributed by atoms with E-state index in [-0.39, 0.29) is 18.2 Å². The standard InChI is InChI=1S/C14H16FN3.ClH/c1-10-8-11-9-12(15)2-3-13(11)17-14(10)18-6-4-16-5-7-18;/h2-3,8-9,16H,4-7H2,1H3;1H. The van der Waals surface area contributed by atoms with E-state index >= 15 is 0 Å². The number of nitrogens with zero attached hydrogens (tertiary/aromatic N) is 2. The van der Waals surface area contributed by atoms with E-state index in [4.69, 9.17) is 0 Å². The number of hydrogen-bond acceptors (Lipinski definition) is 3. The van der Waals surface area contributed by atoms with Crippen LogP contribution in [0, 0.1) is 12.7 Å². The van der Waals surface area contributed by atoms with Gasteiger partial charge in [0.1, 0.15) is 11.6 Å². The van der Waals surface area contributed by atoms with Gasteiger partial charge in [-0.25, -0.2) is 9.37 Å². The van der Waals surface area contributed by atoms with Crippen LogP contribution in [0.3, 0.4) is 0 Å². The lowest BCUT2D eigenvalue weighted by Crippen LogP contribution is -2.44. The van der Waals surface area contributed by atoms with E-state index in [0.29, 0.717) is 0 Å².